The fraction of sp³-hybridized carbons (Fsp3) is 0.630. The van der Waals surface area contributed by atoms with Gasteiger partial charge in [-0.05, 0) is 64.4 Å². The summed E-state index contributed by atoms with van der Waals surface area (Å²) in [6.07, 6.45) is 1.29. The van der Waals surface area contributed by atoms with E-state index in [1.165, 1.54) is 23.6 Å². The maximum Gasteiger partial charge on any atom is 0.246 e. The molecule has 2 aliphatic heterocycles. The van der Waals surface area contributed by atoms with Crippen LogP contribution in [0.2, 0.25) is 0 Å². The van der Waals surface area contributed by atoms with Crippen molar-refractivity contribution in [2.24, 2.45) is 11.5 Å². The summed E-state index contributed by atoms with van der Waals surface area (Å²) in [6.45, 7) is 3.44. The number of benzene rings is 1. The number of nitrogens with one attached hydrogen (secondary N) is 1. The lowest BCUT2D eigenvalue weighted by Crippen LogP contribution is -2.64. The van der Waals surface area contributed by atoms with E-state index in [1.807, 2.05) is 30.3 Å². The number of amides is 4. The van der Waals surface area contributed by atoms with Crippen molar-refractivity contribution in [3.05, 3.63) is 35.9 Å². The first-order valence-corrected chi connectivity index (χ1v) is 13.4. The summed E-state index contributed by atoms with van der Waals surface area (Å²) in [5, 5.41) is 22.5. The molecule has 0 spiro atoms. The van der Waals surface area contributed by atoms with Gasteiger partial charge in [0.05, 0.1) is 12.2 Å². The zero-order valence-electron chi connectivity index (χ0n) is 22.2. The Bertz CT molecular complexity index is 1000. The molecule has 0 bridgehead atoms. The van der Waals surface area contributed by atoms with Crippen molar-refractivity contribution in [2.75, 3.05) is 13.1 Å². The first kappa shape index (κ1) is 29.5. The van der Waals surface area contributed by atoms with Gasteiger partial charge in [-0.3, -0.25) is 19.2 Å². The molecule has 0 aromatic heterocycles. The van der Waals surface area contributed by atoms with E-state index < -0.39 is 53.6 Å². The largest absolute Gasteiger partial charge is 0.391 e. The van der Waals surface area contributed by atoms with E-state index in [0.717, 1.165) is 5.56 Å². The predicted octanol–water partition coefficient (Wildman–Crippen LogP) is -0.579. The minimum Gasteiger partial charge on any atom is -0.391 e. The molecule has 0 saturated carbocycles. The van der Waals surface area contributed by atoms with E-state index in [-0.39, 0.29) is 5.91 Å². The fourth-order valence-corrected chi connectivity index (χ4v) is 5.61. The highest BCUT2D eigenvalue weighted by Crippen LogP contribution is 2.37. The smallest absolute Gasteiger partial charge is 0.246 e. The fourth-order valence-electron chi connectivity index (χ4n) is 5.61. The summed E-state index contributed by atoms with van der Waals surface area (Å²) in [5.74, 6) is -2.27. The first-order valence-electron chi connectivity index (χ1n) is 13.4. The molecular weight excluding hydrogens is 490 g/mol. The average molecular weight is 532 g/mol. The number of hydrogen-bond donors (Lipinski definition) is 5. The van der Waals surface area contributed by atoms with Crippen LogP contribution in [0.3, 0.4) is 0 Å². The van der Waals surface area contributed by atoms with Crippen molar-refractivity contribution in [3.63, 3.8) is 0 Å². The second-order valence-electron chi connectivity index (χ2n) is 10.5. The molecule has 2 aliphatic rings. The number of hydrogen-bond acceptors (Lipinski definition) is 7. The minimum absolute atomic E-state index is 0.314. The lowest BCUT2D eigenvalue weighted by Gasteiger charge is -2.41. The van der Waals surface area contributed by atoms with E-state index in [1.54, 1.807) is 0 Å². The number of aliphatic hydroxyl groups is 2. The molecule has 0 radical (unpaired) electrons. The Labute approximate surface area is 223 Å². The van der Waals surface area contributed by atoms with Crippen LogP contribution >= 0.6 is 0 Å². The zero-order valence-corrected chi connectivity index (χ0v) is 22.2. The Hall–Kier alpha value is -3.02. The van der Waals surface area contributed by atoms with Crippen molar-refractivity contribution in [1.82, 2.24) is 15.1 Å². The minimum atomic E-state index is -1.31. The van der Waals surface area contributed by atoms with Gasteiger partial charge in [-0.25, -0.2) is 0 Å². The van der Waals surface area contributed by atoms with E-state index in [4.69, 9.17) is 11.5 Å². The molecular formula is C27H41N5O6. The van der Waals surface area contributed by atoms with Crippen molar-refractivity contribution in [1.29, 1.82) is 0 Å². The number of aryl methyl sites for hydroxylation is 1. The summed E-state index contributed by atoms with van der Waals surface area (Å²) >= 11 is 0. The molecule has 3 rings (SSSR count). The molecule has 1 aromatic carbocycles. The van der Waals surface area contributed by atoms with E-state index in [2.05, 4.69) is 5.32 Å². The van der Waals surface area contributed by atoms with Gasteiger partial charge >= 0.3 is 0 Å². The monoisotopic (exact) mass is 531 g/mol. The predicted molar refractivity (Wildman–Crippen MR) is 140 cm³/mol. The molecule has 7 N–H and O–H groups in total. The number of primary amides is 1. The molecule has 1 aromatic rings. The van der Waals surface area contributed by atoms with E-state index in [0.29, 0.717) is 58.0 Å². The van der Waals surface area contributed by atoms with E-state index in [9.17, 15) is 29.4 Å². The van der Waals surface area contributed by atoms with Crippen LogP contribution in [-0.2, 0) is 25.6 Å². The highest BCUT2D eigenvalue weighted by atomic mass is 16.3. The standard InChI is InChI=1S/C27H41N5O6/c1-17(33)21(28)25(37)31-15-7-12-20(31)24(36)32-16-8-14-27(32,13-6-11-19-9-4-3-5-10-19)26(38)30-22(18(2)34)23(29)35/h3-5,9-10,17-18,20-22,33-34H,6-8,11-16,28H2,1-2H3,(H2,29,35)(H,30,38)/t17-,18-,20+,21+,22+,27+/m1/s1. The summed E-state index contributed by atoms with van der Waals surface area (Å²) in [6, 6.07) is 6.54. The van der Waals surface area contributed by atoms with Crippen LogP contribution in [0.4, 0.5) is 0 Å². The Kier molecular flexibility index (Phi) is 9.86. The molecule has 38 heavy (non-hydrogen) atoms. The quantitative estimate of drug-likeness (QED) is 0.253. The summed E-state index contributed by atoms with van der Waals surface area (Å²) in [4.78, 5) is 55.6. The van der Waals surface area contributed by atoms with Gasteiger partial charge in [0.25, 0.3) is 0 Å². The normalized spacial score (nSPS) is 24.5. The molecule has 2 heterocycles. The van der Waals surface area contributed by atoms with Crippen molar-refractivity contribution in [2.45, 2.75) is 94.7 Å². The van der Waals surface area contributed by atoms with Gasteiger partial charge in [0.1, 0.15) is 23.7 Å². The molecule has 210 valence electrons. The van der Waals surface area contributed by atoms with Crippen molar-refractivity contribution >= 4 is 23.6 Å². The molecule has 0 aliphatic carbocycles. The molecule has 4 amide bonds. The maximum absolute atomic E-state index is 14.0. The number of carbonyl (C=O) groups excluding carboxylic acids is 4. The van der Waals surface area contributed by atoms with Gasteiger partial charge in [-0.1, -0.05) is 30.3 Å². The Morgan fingerprint density at radius 2 is 1.76 bits per heavy atom. The lowest BCUT2D eigenvalue weighted by molar-refractivity contribution is -0.153. The van der Waals surface area contributed by atoms with Gasteiger partial charge < -0.3 is 36.8 Å². The second-order valence-corrected chi connectivity index (χ2v) is 10.5. The number of carbonyl (C=O) groups is 4. The molecule has 0 unspecified atom stereocenters. The van der Waals surface area contributed by atoms with Crippen LogP contribution in [-0.4, -0.2) is 92.6 Å². The van der Waals surface area contributed by atoms with Gasteiger partial charge in [0.2, 0.25) is 23.6 Å². The number of aliphatic hydroxyl groups excluding tert-OH is 2. The molecule has 6 atom stereocenters. The van der Waals surface area contributed by atoms with Crippen LogP contribution in [0.25, 0.3) is 0 Å². The van der Waals surface area contributed by atoms with Crippen LogP contribution in [0, 0.1) is 0 Å². The number of nitrogens with two attached hydrogens (primary N) is 2. The van der Waals surface area contributed by atoms with Crippen LogP contribution in [0.15, 0.2) is 30.3 Å². The van der Waals surface area contributed by atoms with Gasteiger partial charge in [0.15, 0.2) is 0 Å². The average Bonchev–Trinajstić information content (AvgIpc) is 3.54. The topological polar surface area (TPSA) is 179 Å². The first-order chi connectivity index (χ1) is 18.0. The third kappa shape index (κ3) is 6.33. The SMILES string of the molecule is C[C@@H](O)[C@H](N)C(=O)N1CCC[C@H]1C(=O)N1CCC[C@@]1(CCCc1ccccc1)C(=O)N[C@H](C(N)=O)[C@@H](C)O. The molecule has 11 heteroatoms. The second kappa shape index (κ2) is 12.7. The van der Waals surface area contributed by atoms with Crippen molar-refractivity contribution in [3.8, 4) is 0 Å². The number of nitrogens with zero attached hydrogens (tertiary/aromatic N) is 2. The third-order valence-electron chi connectivity index (χ3n) is 7.78. The van der Waals surface area contributed by atoms with Gasteiger partial charge in [-0.2, -0.15) is 0 Å². The van der Waals surface area contributed by atoms with Crippen LogP contribution < -0.4 is 16.8 Å². The Balaban J connectivity index is 1.89. The van der Waals surface area contributed by atoms with E-state index >= 15 is 0 Å². The Morgan fingerprint density at radius 1 is 1.08 bits per heavy atom. The third-order valence-corrected chi connectivity index (χ3v) is 7.78. The molecule has 2 fully saturated rings. The van der Waals surface area contributed by atoms with Gasteiger partial charge in [-0.15, -0.1) is 0 Å². The van der Waals surface area contributed by atoms with Crippen molar-refractivity contribution < 1.29 is 29.4 Å². The number of likely N-dealkylation sites (tertiary alicyclic amines) is 2. The maximum atomic E-state index is 14.0. The summed E-state index contributed by atoms with van der Waals surface area (Å²) < 4.78 is 0. The van der Waals surface area contributed by atoms with Crippen LogP contribution in [0.1, 0.15) is 57.9 Å². The number of rotatable bonds is 11. The zero-order chi connectivity index (χ0) is 28.0. The highest BCUT2D eigenvalue weighted by Gasteiger charge is 2.52. The van der Waals surface area contributed by atoms with Gasteiger partial charge in [0, 0.05) is 13.1 Å². The summed E-state index contributed by atoms with van der Waals surface area (Å²) in [5.41, 5.74) is 11.2. The summed E-state index contributed by atoms with van der Waals surface area (Å²) in [7, 11) is 0. The molecule has 2 saturated heterocycles. The highest BCUT2D eigenvalue weighted by molar-refractivity contribution is 5.97. The Morgan fingerprint density at radius 3 is 2.37 bits per heavy atom. The molecule has 11 nitrogen and oxygen atoms in total. The van der Waals surface area contributed by atoms with Crippen LogP contribution in [0.5, 0.6) is 0 Å². The lowest BCUT2D eigenvalue weighted by atomic mass is 9.86.